The Morgan fingerprint density at radius 3 is 1.67 bits per heavy atom. The molecule has 0 aliphatic heterocycles. The van der Waals surface area contributed by atoms with Crippen LogP contribution in [0.15, 0.2) is 0 Å². The van der Waals surface area contributed by atoms with Crippen LogP contribution in [0.5, 0.6) is 0 Å². The molecule has 0 heterocycles. The molecule has 0 aliphatic carbocycles. The molecule has 146 valence electrons. The largest absolute Gasteiger partial charge is 0.527 e. The predicted molar refractivity (Wildman–Crippen MR) is 82.7 cm³/mol. The van der Waals surface area contributed by atoms with Crippen LogP contribution in [0.2, 0.25) is 0 Å². The summed E-state index contributed by atoms with van der Waals surface area (Å²) >= 11 is 0. The summed E-state index contributed by atoms with van der Waals surface area (Å²) in [7, 11) is -5.19. The molecule has 12 heteroatoms. The molecule has 0 unspecified atom stereocenters. The molecule has 7 N–H and O–H groups in total. The molecule has 0 aromatic carbocycles. The van der Waals surface area contributed by atoms with Gasteiger partial charge in [0, 0.05) is 0 Å². The Balaban J connectivity index is 0. The van der Waals surface area contributed by atoms with Gasteiger partial charge in [-0.25, -0.2) is 9.36 Å². The number of phosphoric ester groups is 1. The maximum Gasteiger partial charge on any atom is 0.527 e. The number of nitrogens with zero attached hydrogens (tertiary/aromatic N) is 1. The van der Waals surface area contributed by atoms with Gasteiger partial charge in [0.15, 0.2) is 6.10 Å². The molecule has 0 spiro atoms. The van der Waals surface area contributed by atoms with Crippen LogP contribution in [-0.4, -0.2) is 96.8 Å². The van der Waals surface area contributed by atoms with Crippen molar-refractivity contribution in [2.75, 3.05) is 26.2 Å². The van der Waals surface area contributed by atoms with Gasteiger partial charge in [-0.15, -0.1) is 0 Å². The highest BCUT2D eigenvalue weighted by Gasteiger charge is 2.37. The summed E-state index contributed by atoms with van der Waals surface area (Å²) in [5.41, 5.74) is 0. The van der Waals surface area contributed by atoms with Crippen LogP contribution < -0.4 is 0 Å². The molecular weight excluding hydrogens is 349 g/mol. The molecule has 0 fully saturated rings. The van der Waals surface area contributed by atoms with Crippen molar-refractivity contribution in [2.24, 2.45) is 0 Å². The molecule has 11 nitrogen and oxygen atoms in total. The molecule has 0 aromatic rings. The number of hydrogen-bond donors (Lipinski definition) is 7. The summed E-state index contributed by atoms with van der Waals surface area (Å²) in [4.78, 5) is 29.7. The summed E-state index contributed by atoms with van der Waals surface area (Å²) < 4.78 is 13.7. The number of carbonyl (C=O) groups is 1. The first-order valence-corrected chi connectivity index (χ1v) is 8.82. The second-order valence-corrected chi connectivity index (χ2v) is 5.86. The molecule has 0 saturated carbocycles. The molecule has 0 amide bonds. The van der Waals surface area contributed by atoms with Gasteiger partial charge in [-0.2, -0.15) is 0 Å². The van der Waals surface area contributed by atoms with E-state index in [2.05, 4.69) is 30.2 Å². The Morgan fingerprint density at radius 2 is 1.42 bits per heavy atom. The van der Waals surface area contributed by atoms with Crippen LogP contribution in [0, 0.1) is 0 Å². The van der Waals surface area contributed by atoms with E-state index in [-0.39, 0.29) is 0 Å². The average molecular weight is 377 g/mol. The van der Waals surface area contributed by atoms with Crippen LogP contribution in [0.25, 0.3) is 0 Å². The minimum Gasteiger partial charge on any atom is -0.394 e. The molecule has 24 heavy (non-hydrogen) atoms. The number of aliphatic hydroxyl groups is 5. The Bertz CT molecular complexity index is 381. The first kappa shape index (κ1) is 25.6. The van der Waals surface area contributed by atoms with Crippen molar-refractivity contribution in [1.82, 2.24) is 4.90 Å². The van der Waals surface area contributed by atoms with E-state index in [1.807, 2.05) is 0 Å². The lowest BCUT2D eigenvalue weighted by Crippen LogP contribution is -2.48. The zero-order chi connectivity index (χ0) is 19.5. The second kappa shape index (κ2) is 12.7. The predicted octanol–water partition coefficient (Wildman–Crippen LogP) is -2.59. The standard InChI is InChI=1S/C6H15N.C6H13O10P/c1-4-7(5-2)6-3;7-1-2(8)3(9)4(10)5(11)6(12)16-17(13,14)15/h4-6H2,1-3H3;2-5,7-11H,1H2,(H2,13,14,15)/t;2-,3-,4+,5-/m.1/s1. The fourth-order valence-electron chi connectivity index (χ4n) is 1.50. The first-order chi connectivity index (χ1) is 10.9. The van der Waals surface area contributed by atoms with Crippen LogP contribution in [0.3, 0.4) is 0 Å². The topological polar surface area (TPSA) is 188 Å². The highest BCUT2D eigenvalue weighted by molar-refractivity contribution is 7.46. The van der Waals surface area contributed by atoms with Gasteiger partial charge in [-0.3, -0.25) is 9.79 Å². The third kappa shape index (κ3) is 11.0. The number of hydrogen-bond acceptors (Lipinski definition) is 9. The molecule has 0 saturated heterocycles. The molecule has 4 atom stereocenters. The third-order valence-corrected chi connectivity index (χ3v) is 3.46. The third-order valence-electron chi connectivity index (χ3n) is 3.05. The van der Waals surface area contributed by atoms with Gasteiger partial charge in [-0.05, 0) is 19.6 Å². The Morgan fingerprint density at radius 1 is 1.00 bits per heavy atom. The highest BCUT2D eigenvalue weighted by Crippen LogP contribution is 2.36. The molecule has 0 bridgehead atoms. The Labute approximate surface area is 140 Å². The van der Waals surface area contributed by atoms with E-state index in [0.29, 0.717) is 0 Å². The maximum atomic E-state index is 10.8. The number of carbonyl (C=O) groups excluding carboxylic acids is 1. The first-order valence-electron chi connectivity index (χ1n) is 7.29. The average Bonchev–Trinajstić information content (AvgIpc) is 2.52. The van der Waals surface area contributed by atoms with E-state index >= 15 is 0 Å². The molecule has 0 aliphatic rings. The highest BCUT2D eigenvalue weighted by atomic mass is 31.2. The molecule has 0 rings (SSSR count). The van der Waals surface area contributed by atoms with Gasteiger partial charge in [0.25, 0.3) is 0 Å². The molecular formula is C12H28NO10P. The van der Waals surface area contributed by atoms with Gasteiger partial charge in [0.05, 0.1) is 6.61 Å². The van der Waals surface area contributed by atoms with Crippen LogP contribution in [-0.2, 0) is 13.9 Å². The molecule has 0 radical (unpaired) electrons. The van der Waals surface area contributed by atoms with Crippen molar-refractivity contribution in [3.8, 4) is 0 Å². The van der Waals surface area contributed by atoms with E-state index in [1.54, 1.807) is 0 Å². The normalized spacial score (nSPS) is 16.6. The summed E-state index contributed by atoms with van der Waals surface area (Å²) in [6.07, 6.45) is -8.71. The van der Waals surface area contributed by atoms with E-state index in [1.165, 1.54) is 19.6 Å². The SMILES string of the molecule is CCN(CC)CC.O=C(OP(=O)(O)O)[C@H](O)[C@@H](O)[C@H](O)[C@H](O)CO. The number of phosphoric acid groups is 1. The van der Waals surface area contributed by atoms with E-state index in [9.17, 15) is 9.36 Å². The van der Waals surface area contributed by atoms with Crippen molar-refractivity contribution in [3.63, 3.8) is 0 Å². The van der Waals surface area contributed by atoms with Crippen molar-refractivity contribution >= 4 is 13.8 Å². The fraction of sp³-hybridized carbons (Fsp3) is 0.917. The van der Waals surface area contributed by atoms with Crippen molar-refractivity contribution < 1.29 is 49.2 Å². The monoisotopic (exact) mass is 377 g/mol. The van der Waals surface area contributed by atoms with Gasteiger partial charge >= 0.3 is 13.8 Å². The number of aliphatic hydroxyl groups excluding tert-OH is 5. The summed E-state index contributed by atoms with van der Waals surface area (Å²) in [5.74, 6) is -1.88. The van der Waals surface area contributed by atoms with Crippen molar-refractivity contribution in [2.45, 2.75) is 45.2 Å². The summed E-state index contributed by atoms with van der Waals surface area (Å²) in [6.45, 7) is 9.17. The minimum atomic E-state index is -5.19. The minimum absolute atomic E-state index is 0.960. The van der Waals surface area contributed by atoms with Crippen LogP contribution in [0.1, 0.15) is 20.8 Å². The zero-order valence-corrected chi connectivity index (χ0v) is 14.8. The maximum absolute atomic E-state index is 10.8. The van der Waals surface area contributed by atoms with Crippen LogP contribution in [0.4, 0.5) is 0 Å². The zero-order valence-electron chi connectivity index (χ0n) is 13.9. The molecule has 0 aromatic heterocycles. The van der Waals surface area contributed by atoms with Gasteiger partial charge in [0.2, 0.25) is 0 Å². The van der Waals surface area contributed by atoms with E-state index in [0.717, 1.165) is 0 Å². The smallest absolute Gasteiger partial charge is 0.394 e. The van der Waals surface area contributed by atoms with Gasteiger partial charge in [-0.1, -0.05) is 20.8 Å². The van der Waals surface area contributed by atoms with E-state index in [4.69, 9.17) is 35.3 Å². The number of rotatable bonds is 9. The van der Waals surface area contributed by atoms with Gasteiger partial charge < -0.3 is 35.0 Å². The summed E-state index contributed by atoms with van der Waals surface area (Å²) in [5, 5.41) is 44.6. The lowest BCUT2D eigenvalue weighted by atomic mass is 10.0. The van der Waals surface area contributed by atoms with Crippen molar-refractivity contribution in [1.29, 1.82) is 0 Å². The summed E-state index contributed by atoms with van der Waals surface area (Å²) in [6, 6.07) is 0. The Hall–Kier alpha value is -0.620. The lowest BCUT2D eigenvalue weighted by Gasteiger charge is -2.24. The van der Waals surface area contributed by atoms with Crippen LogP contribution >= 0.6 is 7.82 Å². The second-order valence-electron chi connectivity index (χ2n) is 4.70. The van der Waals surface area contributed by atoms with Gasteiger partial charge in [0.1, 0.15) is 18.3 Å². The van der Waals surface area contributed by atoms with Crippen molar-refractivity contribution in [3.05, 3.63) is 0 Å². The Kier molecular flexibility index (Phi) is 13.6. The van der Waals surface area contributed by atoms with E-state index < -0.39 is 44.8 Å². The fourth-order valence-corrected chi connectivity index (χ4v) is 1.85. The quantitative estimate of drug-likeness (QED) is 0.209. The lowest BCUT2D eigenvalue weighted by molar-refractivity contribution is -0.162.